The number of carbonyl (C=O) groups is 1. The molecule has 4 heteroatoms. The average Bonchev–Trinajstić information content (AvgIpc) is 2.90. The minimum Gasteiger partial charge on any atom is -0.349 e. The van der Waals surface area contributed by atoms with Crippen LogP contribution in [-0.4, -0.2) is 18.5 Å². The minimum absolute atomic E-state index is 0.184. The third kappa shape index (κ3) is 3.55. The molecule has 3 N–H and O–H groups in total. The topological polar surface area (TPSA) is 55.1 Å². The lowest BCUT2D eigenvalue weighted by molar-refractivity contribution is 0.0937. The Balaban J connectivity index is 2.08. The van der Waals surface area contributed by atoms with Crippen molar-refractivity contribution in [2.75, 3.05) is 6.54 Å². The summed E-state index contributed by atoms with van der Waals surface area (Å²) >= 11 is 0. The second-order valence-corrected chi connectivity index (χ2v) is 4.66. The van der Waals surface area contributed by atoms with Gasteiger partial charge in [-0.1, -0.05) is 24.7 Å². The highest BCUT2D eigenvalue weighted by molar-refractivity contribution is 5.94. The molecule has 19 heavy (non-hydrogen) atoms. The van der Waals surface area contributed by atoms with Gasteiger partial charge >= 0.3 is 0 Å². The van der Waals surface area contributed by atoms with Crippen LogP contribution in [0.4, 0.5) is 4.39 Å². The third-order valence-corrected chi connectivity index (χ3v) is 3.25. The number of hydrogen-bond acceptors (Lipinski definition) is 2. The fourth-order valence-corrected chi connectivity index (χ4v) is 2.24. The van der Waals surface area contributed by atoms with Crippen LogP contribution in [0.1, 0.15) is 41.6 Å². The zero-order chi connectivity index (χ0) is 13.7. The molecule has 1 aliphatic carbocycles. The Labute approximate surface area is 112 Å². The van der Waals surface area contributed by atoms with Crippen molar-refractivity contribution in [3.63, 3.8) is 0 Å². The SMILES string of the molecule is NCC#Cc1ccc(C(=O)NC2CCCC2)cc1F. The van der Waals surface area contributed by atoms with Crippen molar-refractivity contribution >= 4 is 5.91 Å². The molecule has 0 radical (unpaired) electrons. The lowest BCUT2D eigenvalue weighted by Crippen LogP contribution is -2.32. The van der Waals surface area contributed by atoms with Gasteiger partial charge < -0.3 is 11.1 Å². The van der Waals surface area contributed by atoms with Gasteiger partial charge in [-0.3, -0.25) is 4.79 Å². The summed E-state index contributed by atoms with van der Waals surface area (Å²) in [5.41, 5.74) is 5.84. The van der Waals surface area contributed by atoms with Gasteiger partial charge in [0.1, 0.15) is 5.82 Å². The molecular formula is C15H17FN2O. The molecule has 100 valence electrons. The summed E-state index contributed by atoms with van der Waals surface area (Å²) in [5, 5.41) is 2.92. The van der Waals surface area contributed by atoms with Crippen molar-refractivity contribution < 1.29 is 9.18 Å². The van der Waals surface area contributed by atoms with Crippen LogP contribution in [0.15, 0.2) is 18.2 Å². The second-order valence-electron chi connectivity index (χ2n) is 4.66. The first-order chi connectivity index (χ1) is 9.20. The molecule has 0 heterocycles. The highest BCUT2D eigenvalue weighted by atomic mass is 19.1. The number of halogens is 1. The monoisotopic (exact) mass is 260 g/mol. The number of rotatable bonds is 2. The maximum atomic E-state index is 13.7. The van der Waals surface area contributed by atoms with Crippen LogP contribution >= 0.6 is 0 Å². The van der Waals surface area contributed by atoms with Gasteiger partial charge in [0.15, 0.2) is 0 Å². The van der Waals surface area contributed by atoms with E-state index in [1.807, 2.05) is 0 Å². The number of hydrogen-bond donors (Lipinski definition) is 2. The highest BCUT2D eigenvalue weighted by Gasteiger charge is 2.18. The first kappa shape index (κ1) is 13.6. The van der Waals surface area contributed by atoms with Crippen molar-refractivity contribution in [2.24, 2.45) is 5.73 Å². The number of nitrogens with one attached hydrogen (secondary N) is 1. The lowest BCUT2D eigenvalue weighted by atomic mass is 10.1. The Morgan fingerprint density at radius 3 is 2.79 bits per heavy atom. The summed E-state index contributed by atoms with van der Waals surface area (Å²) in [7, 11) is 0. The molecule has 1 aromatic carbocycles. The molecule has 1 fully saturated rings. The smallest absolute Gasteiger partial charge is 0.251 e. The Bertz CT molecular complexity index is 525. The van der Waals surface area contributed by atoms with E-state index in [2.05, 4.69) is 17.2 Å². The summed E-state index contributed by atoms with van der Waals surface area (Å²) in [6, 6.07) is 4.56. The van der Waals surface area contributed by atoms with Gasteiger partial charge in [0.2, 0.25) is 0 Å². The van der Waals surface area contributed by atoms with E-state index in [0.717, 1.165) is 25.7 Å². The van der Waals surface area contributed by atoms with E-state index in [4.69, 9.17) is 5.73 Å². The summed E-state index contributed by atoms with van der Waals surface area (Å²) < 4.78 is 13.7. The fourth-order valence-electron chi connectivity index (χ4n) is 2.24. The van der Waals surface area contributed by atoms with E-state index in [9.17, 15) is 9.18 Å². The van der Waals surface area contributed by atoms with Gasteiger partial charge in [-0.2, -0.15) is 0 Å². The summed E-state index contributed by atoms with van der Waals surface area (Å²) in [4.78, 5) is 11.9. The summed E-state index contributed by atoms with van der Waals surface area (Å²) in [6.45, 7) is 0.184. The van der Waals surface area contributed by atoms with Crippen molar-refractivity contribution in [3.8, 4) is 11.8 Å². The third-order valence-electron chi connectivity index (χ3n) is 3.25. The lowest BCUT2D eigenvalue weighted by Gasteiger charge is -2.11. The van der Waals surface area contributed by atoms with E-state index in [-0.39, 0.29) is 24.1 Å². The van der Waals surface area contributed by atoms with E-state index in [1.54, 1.807) is 6.07 Å². The van der Waals surface area contributed by atoms with Crippen LogP contribution in [0.2, 0.25) is 0 Å². The number of amides is 1. The Hall–Kier alpha value is -1.86. The highest BCUT2D eigenvalue weighted by Crippen LogP contribution is 2.18. The first-order valence-electron chi connectivity index (χ1n) is 6.50. The minimum atomic E-state index is -0.486. The number of nitrogens with two attached hydrogens (primary N) is 1. The molecule has 1 amide bonds. The Morgan fingerprint density at radius 1 is 1.42 bits per heavy atom. The summed E-state index contributed by atoms with van der Waals surface area (Å²) in [5.74, 6) is 4.52. The molecule has 1 aromatic rings. The summed E-state index contributed by atoms with van der Waals surface area (Å²) in [6.07, 6.45) is 4.31. The molecular weight excluding hydrogens is 243 g/mol. The van der Waals surface area contributed by atoms with Crippen LogP contribution < -0.4 is 11.1 Å². The second kappa shape index (κ2) is 6.35. The normalized spacial score (nSPS) is 14.8. The molecule has 2 rings (SSSR count). The molecule has 3 nitrogen and oxygen atoms in total. The van der Waals surface area contributed by atoms with Gasteiger partial charge in [0.25, 0.3) is 5.91 Å². The molecule has 1 aliphatic rings. The zero-order valence-corrected chi connectivity index (χ0v) is 10.7. The predicted molar refractivity (Wildman–Crippen MR) is 72.1 cm³/mol. The average molecular weight is 260 g/mol. The Morgan fingerprint density at radius 2 is 2.16 bits per heavy atom. The zero-order valence-electron chi connectivity index (χ0n) is 10.7. The standard InChI is InChI=1S/C15H17FN2O/c16-14-10-12(8-7-11(14)4-3-9-17)15(19)18-13-5-1-2-6-13/h7-8,10,13H,1-2,5-6,9,17H2,(H,18,19). The van der Waals surface area contributed by atoms with Gasteiger partial charge in [-0.05, 0) is 31.0 Å². The van der Waals surface area contributed by atoms with Crippen molar-refractivity contribution in [3.05, 3.63) is 35.1 Å². The van der Waals surface area contributed by atoms with Crippen LogP contribution in [0.3, 0.4) is 0 Å². The number of benzene rings is 1. The number of carbonyl (C=O) groups excluding carboxylic acids is 1. The Kier molecular flexibility index (Phi) is 4.53. The van der Waals surface area contributed by atoms with Crippen LogP contribution in [0.5, 0.6) is 0 Å². The van der Waals surface area contributed by atoms with E-state index in [0.29, 0.717) is 5.56 Å². The molecule has 1 saturated carbocycles. The van der Waals surface area contributed by atoms with E-state index in [1.165, 1.54) is 12.1 Å². The molecule has 0 saturated heterocycles. The van der Waals surface area contributed by atoms with Crippen molar-refractivity contribution in [1.29, 1.82) is 0 Å². The van der Waals surface area contributed by atoms with Gasteiger partial charge in [0, 0.05) is 11.6 Å². The van der Waals surface area contributed by atoms with Crippen LogP contribution in [0.25, 0.3) is 0 Å². The first-order valence-corrected chi connectivity index (χ1v) is 6.50. The molecule has 0 aliphatic heterocycles. The van der Waals surface area contributed by atoms with Crippen molar-refractivity contribution in [1.82, 2.24) is 5.32 Å². The quantitative estimate of drug-likeness (QED) is 0.797. The van der Waals surface area contributed by atoms with Gasteiger partial charge in [-0.15, -0.1) is 0 Å². The molecule has 0 unspecified atom stereocenters. The fraction of sp³-hybridized carbons (Fsp3) is 0.400. The van der Waals surface area contributed by atoms with Gasteiger partial charge in [0.05, 0.1) is 12.1 Å². The maximum Gasteiger partial charge on any atom is 0.251 e. The maximum absolute atomic E-state index is 13.7. The molecule has 0 spiro atoms. The van der Waals surface area contributed by atoms with Gasteiger partial charge in [-0.25, -0.2) is 4.39 Å². The van der Waals surface area contributed by atoms with E-state index >= 15 is 0 Å². The molecule has 0 bridgehead atoms. The van der Waals surface area contributed by atoms with Crippen LogP contribution in [0, 0.1) is 17.7 Å². The van der Waals surface area contributed by atoms with Crippen LogP contribution in [-0.2, 0) is 0 Å². The van der Waals surface area contributed by atoms with Crippen molar-refractivity contribution in [2.45, 2.75) is 31.7 Å². The van der Waals surface area contributed by atoms with E-state index < -0.39 is 5.82 Å². The molecule has 0 atom stereocenters. The molecule has 0 aromatic heterocycles. The largest absolute Gasteiger partial charge is 0.349 e. The predicted octanol–water partition coefficient (Wildman–Crippen LogP) is 1.81.